The van der Waals surface area contributed by atoms with Gasteiger partial charge >= 0.3 is 21.1 Å². The van der Waals surface area contributed by atoms with Gasteiger partial charge in [0, 0.05) is 0 Å². The Morgan fingerprint density at radius 1 is 1.40 bits per heavy atom. The van der Waals surface area contributed by atoms with Crippen molar-refractivity contribution < 1.29 is 25.9 Å². The quantitative estimate of drug-likeness (QED) is 0.617. The average molecular weight is 304 g/mol. The number of carbonyl (C=O) groups is 1. The molecular formula is C6H4N2OW. The van der Waals surface area contributed by atoms with Crippen LogP contribution in [0.5, 0.6) is 0 Å². The summed E-state index contributed by atoms with van der Waals surface area (Å²) in [5.74, 6) is -0.252. The zero-order valence-corrected chi connectivity index (χ0v) is 7.93. The van der Waals surface area contributed by atoms with Crippen LogP contribution in [0, 0.1) is 0 Å². The molecule has 0 amide bonds. The van der Waals surface area contributed by atoms with Crippen LogP contribution in [0.1, 0.15) is 0 Å². The minimum atomic E-state index is -0.252. The maximum Gasteiger partial charge on any atom is 2.00 e. The summed E-state index contributed by atoms with van der Waals surface area (Å²) in [6, 6.07) is 0. The molecule has 1 aliphatic rings. The van der Waals surface area contributed by atoms with E-state index in [0.717, 1.165) is 6.08 Å². The predicted octanol–water partition coefficient (Wildman–Crippen LogP) is 1.07. The molecule has 0 spiro atoms. The molecule has 0 aromatic rings. The monoisotopic (exact) mass is 304 g/mol. The van der Waals surface area contributed by atoms with Gasteiger partial charge in [-0.25, -0.2) is 0 Å². The van der Waals surface area contributed by atoms with Crippen molar-refractivity contribution >= 4 is 11.5 Å². The summed E-state index contributed by atoms with van der Waals surface area (Å²) in [6.07, 6.45) is 3.49. The SMILES string of the molecule is [N-]=C1C=CC(=O)C=C1[NH-].[W+2]. The van der Waals surface area contributed by atoms with Crippen molar-refractivity contribution in [1.29, 1.82) is 0 Å². The third-order valence-corrected chi connectivity index (χ3v) is 0.968. The van der Waals surface area contributed by atoms with E-state index < -0.39 is 0 Å². The fourth-order valence-corrected chi connectivity index (χ4v) is 0.515. The number of hydrogen-bond donors (Lipinski definition) is 0. The minimum Gasteiger partial charge on any atom is -0.805 e. The Kier molecular flexibility index (Phi) is 3.23. The summed E-state index contributed by atoms with van der Waals surface area (Å²) in [5, 5.41) is 8.72. The molecule has 4 heteroatoms. The summed E-state index contributed by atoms with van der Waals surface area (Å²) in [4.78, 5) is 10.4. The molecule has 0 fully saturated rings. The molecule has 0 aromatic heterocycles. The van der Waals surface area contributed by atoms with Crippen molar-refractivity contribution in [3.05, 3.63) is 35.1 Å². The van der Waals surface area contributed by atoms with Gasteiger partial charge in [0.2, 0.25) is 0 Å². The smallest absolute Gasteiger partial charge is 0.805 e. The molecular weight excluding hydrogens is 300 g/mol. The van der Waals surface area contributed by atoms with Gasteiger partial charge in [0.25, 0.3) is 0 Å². The zero-order chi connectivity index (χ0) is 6.85. The average Bonchev–Trinajstić information content (AvgIpc) is 1.80. The molecule has 0 bridgehead atoms. The maximum absolute atomic E-state index is 10.4. The second-order valence-electron chi connectivity index (χ2n) is 1.68. The van der Waals surface area contributed by atoms with E-state index in [1.165, 1.54) is 12.2 Å². The van der Waals surface area contributed by atoms with Gasteiger partial charge in [0.05, 0.1) is 0 Å². The number of rotatable bonds is 0. The molecule has 10 heavy (non-hydrogen) atoms. The van der Waals surface area contributed by atoms with Crippen molar-refractivity contribution in [2.24, 2.45) is 0 Å². The van der Waals surface area contributed by atoms with Crippen LogP contribution in [0.3, 0.4) is 0 Å². The van der Waals surface area contributed by atoms with Crippen LogP contribution < -0.4 is 0 Å². The second kappa shape index (κ2) is 3.47. The first-order valence-corrected chi connectivity index (χ1v) is 2.42. The van der Waals surface area contributed by atoms with E-state index in [1.54, 1.807) is 0 Å². The van der Waals surface area contributed by atoms with E-state index in [9.17, 15) is 4.79 Å². The van der Waals surface area contributed by atoms with E-state index in [1.807, 2.05) is 0 Å². The van der Waals surface area contributed by atoms with Gasteiger partial charge in [-0.15, -0.1) is 0 Å². The van der Waals surface area contributed by atoms with Gasteiger partial charge < -0.3 is 11.1 Å². The summed E-state index contributed by atoms with van der Waals surface area (Å²) >= 11 is 0. The molecule has 0 radical (unpaired) electrons. The molecule has 1 rings (SSSR count). The van der Waals surface area contributed by atoms with Gasteiger partial charge in [-0.05, 0) is 12.2 Å². The van der Waals surface area contributed by atoms with Gasteiger partial charge in [0.15, 0.2) is 5.78 Å². The zero-order valence-electron chi connectivity index (χ0n) is 5.00. The van der Waals surface area contributed by atoms with Crippen LogP contribution in [0.2, 0.25) is 0 Å². The predicted molar refractivity (Wildman–Crippen MR) is 34.9 cm³/mol. The van der Waals surface area contributed by atoms with Crippen LogP contribution in [-0.2, 0) is 25.9 Å². The van der Waals surface area contributed by atoms with Crippen LogP contribution >= 0.6 is 0 Å². The summed E-state index contributed by atoms with van der Waals surface area (Å²) in [5.41, 5.74) is 6.63. The Morgan fingerprint density at radius 3 is 2.40 bits per heavy atom. The third-order valence-electron chi connectivity index (χ3n) is 0.968. The van der Waals surface area contributed by atoms with Crippen LogP contribution in [0.15, 0.2) is 23.9 Å². The summed E-state index contributed by atoms with van der Waals surface area (Å²) < 4.78 is 0. The number of nitrogens with one attached hydrogen (secondary N) is 1. The fraction of sp³-hybridized carbons (Fsp3) is 0. The Hall–Kier alpha value is -0.692. The number of carbonyl (C=O) groups excluding carboxylic acids is 1. The Morgan fingerprint density at radius 2 is 2.00 bits per heavy atom. The van der Waals surface area contributed by atoms with Crippen molar-refractivity contribution in [2.75, 3.05) is 0 Å². The van der Waals surface area contributed by atoms with E-state index in [2.05, 4.69) is 0 Å². The largest absolute Gasteiger partial charge is 2.00 e. The molecule has 0 aliphatic heterocycles. The fourth-order valence-electron chi connectivity index (χ4n) is 0.515. The Labute approximate surface area is 72.8 Å². The standard InChI is InChI=1S/C6H5N2O.W/c7-5-2-1-4(9)3-6(5)8;/h1-3H,(H2,8,9);/q-1;+2/p-1. The van der Waals surface area contributed by atoms with Crippen molar-refractivity contribution in [3.63, 3.8) is 0 Å². The van der Waals surface area contributed by atoms with Gasteiger partial charge in [-0.3, -0.25) is 4.79 Å². The Balaban J connectivity index is 0.000000810. The van der Waals surface area contributed by atoms with Gasteiger partial charge in [-0.2, -0.15) is 11.4 Å². The third kappa shape index (κ3) is 1.92. The molecule has 3 nitrogen and oxygen atoms in total. The van der Waals surface area contributed by atoms with Gasteiger partial charge in [0.1, 0.15) is 0 Å². The van der Waals surface area contributed by atoms with Crippen LogP contribution in [-0.4, -0.2) is 11.5 Å². The second-order valence-corrected chi connectivity index (χ2v) is 1.68. The number of allylic oxidation sites excluding steroid dienone is 3. The van der Waals surface area contributed by atoms with Crippen LogP contribution in [0.25, 0.3) is 11.1 Å². The molecule has 0 heterocycles. The molecule has 0 unspecified atom stereocenters. The molecule has 0 saturated carbocycles. The summed E-state index contributed by atoms with van der Waals surface area (Å²) in [7, 11) is 0. The maximum atomic E-state index is 10.4. The molecule has 1 aliphatic carbocycles. The first-order chi connectivity index (χ1) is 4.20. The van der Waals surface area contributed by atoms with E-state index in [4.69, 9.17) is 11.1 Å². The van der Waals surface area contributed by atoms with Gasteiger partial charge in [-0.1, -0.05) is 6.08 Å². The topological polar surface area (TPSA) is 63.2 Å². The van der Waals surface area contributed by atoms with Crippen molar-refractivity contribution in [3.8, 4) is 0 Å². The molecule has 0 saturated heterocycles. The van der Waals surface area contributed by atoms with E-state index >= 15 is 0 Å². The number of hydrogen-bond acceptors (Lipinski definition) is 1. The first-order valence-electron chi connectivity index (χ1n) is 2.42. The van der Waals surface area contributed by atoms with E-state index in [-0.39, 0.29) is 38.3 Å². The van der Waals surface area contributed by atoms with Crippen molar-refractivity contribution in [2.45, 2.75) is 0 Å². The van der Waals surface area contributed by atoms with E-state index in [0.29, 0.717) is 0 Å². The summed E-state index contributed by atoms with van der Waals surface area (Å²) in [6.45, 7) is 0. The number of nitrogens with zero attached hydrogens (tertiary/aromatic N) is 1. The molecule has 50 valence electrons. The minimum absolute atomic E-state index is 0. The normalized spacial score (nSPS) is 16.2. The molecule has 0 aromatic carbocycles. The molecule has 0 atom stereocenters. The Bertz CT molecular complexity index is 230. The number of ketones is 1. The first kappa shape index (κ1) is 9.31. The molecule has 1 N–H and O–H groups in total. The van der Waals surface area contributed by atoms with Crippen molar-refractivity contribution in [1.82, 2.24) is 0 Å². The van der Waals surface area contributed by atoms with Crippen LogP contribution in [0.4, 0.5) is 0 Å².